The van der Waals surface area contributed by atoms with Crippen molar-refractivity contribution in [2.24, 2.45) is 0 Å². The first-order valence-corrected chi connectivity index (χ1v) is 6.34. The van der Waals surface area contributed by atoms with Crippen LogP contribution in [0.2, 0.25) is 0 Å². The summed E-state index contributed by atoms with van der Waals surface area (Å²) in [4.78, 5) is 0. The largest absolute Gasteiger partial charge is 0.381 e. The maximum absolute atomic E-state index is 10.7. The summed E-state index contributed by atoms with van der Waals surface area (Å²) in [6.07, 6.45) is 4.55. The Bertz CT molecular complexity index is 591. The zero-order valence-electron chi connectivity index (χ0n) is 11.2. The third kappa shape index (κ3) is 2.67. The topological polar surface area (TPSA) is 61.8 Å². The van der Waals surface area contributed by atoms with Crippen LogP contribution in [0, 0.1) is 11.3 Å². The smallest absolute Gasteiger partial charge is 0.115 e. The van der Waals surface area contributed by atoms with Crippen LogP contribution in [0.15, 0.2) is 36.7 Å². The first kappa shape index (κ1) is 13.3. The van der Waals surface area contributed by atoms with Gasteiger partial charge in [0.15, 0.2) is 0 Å². The summed E-state index contributed by atoms with van der Waals surface area (Å²) in [5.41, 5.74) is 0.995. The zero-order valence-corrected chi connectivity index (χ0v) is 11.2. The minimum absolute atomic E-state index is 0.584. The van der Waals surface area contributed by atoms with Crippen molar-refractivity contribution in [2.45, 2.75) is 32.4 Å². The highest BCUT2D eigenvalue weighted by Crippen LogP contribution is 2.28. The third-order valence-corrected chi connectivity index (χ3v) is 3.22. The highest BCUT2D eigenvalue weighted by atomic mass is 16.3. The van der Waals surface area contributed by atoms with E-state index in [1.807, 2.05) is 10.9 Å². The van der Waals surface area contributed by atoms with Gasteiger partial charge in [0.2, 0.25) is 0 Å². The third-order valence-electron chi connectivity index (χ3n) is 3.22. The number of nitrogens with zero attached hydrogens (tertiary/aromatic N) is 3. The molecular formula is C15H17N3O. The van der Waals surface area contributed by atoms with Crippen LogP contribution < -0.4 is 0 Å². The SMILES string of the molecule is CCCn1cc(C(C)(O)c2ccc(C#N)cc2)cn1. The van der Waals surface area contributed by atoms with Gasteiger partial charge in [-0.1, -0.05) is 19.1 Å². The number of aliphatic hydroxyl groups is 1. The molecule has 0 radical (unpaired) electrons. The van der Waals surface area contributed by atoms with E-state index in [2.05, 4.69) is 18.1 Å². The van der Waals surface area contributed by atoms with E-state index >= 15 is 0 Å². The van der Waals surface area contributed by atoms with Gasteiger partial charge in [-0.25, -0.2) is 0 Å². The Morgan fingerprint density at radius 1 is 1.32 bits per heavy atom. The van der Waals surface area contributed by atoms with Crippen molar-refractivity contribution < 1.29 is 5.11 Å². The first-order chi connectivity index (χ1) is 9.07. The van der Waals surface area contributed by atoms with Crippen molar-refractivity contribution in [3.05, 3.63) is 53.3 Å². The lowest BCUT2D eigenvalue weighted by Crippen LogP contribution is -2.22. The van der Waals surface area contributed by atoms with E-state index in [9.17, 15) is 5.11 Å². The molecule has 4 heteroatoms. The molecule has 2 rings (SSSR count). The number of benzene rings is 1. The maximum atomic E-state index is 10.7. The van der Waals surface area contributed by atoms with Gasteiger partial charge >= 0.3 is 0 Å². The van der Waals surface area contributed by atoms with Crippen LogP contribution in [0.1, 0.15) is 37.0 Å². The van der Waals surface area contributed by atoms with Crippen LogP contribution in [0.3, 0.4) is 0 Å². The Labute approximate surface area is 112 Å². The summed E-state index contributed by atoms with van der Waals surface area (Å²) in [6.45, 7) is 4.66. The minimum Gasteiger partial charge on any atom is -0.381 e. The van der Waals surface area contributed by atoms with Crippen LogP contribution in [0.25, 0.3) is 0 Å². The number of rotatable bonds is 4. The summed E-state index contributed by atoms with van der Waals surface area (Å²) in [7, 11) is 0. The van der Waals surface area contributed by atoms with E-state index in [-0.39, 0.29) is 0 Å². The van der Waals surface area contributed by atoms with Crippen LogP contribution in [0.5, 0.6) is 0 Å². The van der Waals surface area contributed by atoms with Crippen molar-refractivity contribution in [2.75, 3.05) is 0 Å². The molecule has 0 bridgehead atoms. The Morgan fingerprint density at radius 3 is 2.58 bits per heavy atom. The molecule has 0 saturated carbocycles. The molecule has 0 aliphatic heterocycles. The molecular weight excluding hydrogens is 238 g/mol. The van der Waals surface area contributed by atoms with E-state index < -0.39 is 5.60 Å². The molecule has 2 aromatic rings. The fourth-order valence-electron chi connectivity index (χ4n) is 2.00. The molecule has 98 valence electrons. The van der Waals surface area contributed by atoms with Gasteiger partial charge in [0.25, 0.3) is 0 Å². The van der Waals surface area contributed by atoms with Gasteiger partial charge < -0.3 is 5.11 Å². The lowest BCUT2D eigenvalue weighted by Gasteiger charge is -2.22. The van der Waals surface area contributed by atoms with Gasteiger partial charge in [-0.3, -0.25) is 4.68 Å². The van der Waals surface area contributed by atoms with Gasteiger partial charge in [0.05, 0.1) is 17.8 Å². The van der Waals surface area contributed by atoms with Crippen molar-refractivity contribution in [3.8, 4) is 6.07 Å². The van der Waals surface area contributed by atoms with E-state index in [1.54, 1.807) is 37.4 Å². The lowest BCUT2D eigenvalue weighted by atomic mass is 9.90. The molecule has 0 amide bonds. The molecule has 19 heavy (non-hydrogen) atoms. The summed E-state index contributed by atoms with van der Waals surface area (Å²) in [6, 6.07) is 9.03. The van der Waals surface area contributed by atoms with Crippen molar-refractivity contribution in [1.29, 1.82) is 5.26 Å². The molecule has 0 fully saturated rings. The highest BCUT2D eigenvalue weighted by molar-refractivity contribution is 5.38. The number of hydrogen-bond donors (Lipinski definition) is 1. The summed E-state index contributed by atoms with van der Waals surface area (Å²) in [5.74, 6) is 0. The average molecular weight is 255 g/mol. The molecule has 1 N–H and O–H groups in total. The fraction of sp³-hybridized carbons (Fsp3) is 0.333. The molecule has 1 unspecified atom stereocenters. The number of aromatic nitrogens is 2. The van der Waals surface area contributed by atoms with E-state index in [1.165, 1.54) is 0 Å². The van der Waals surface area contributed by atoms with Crippen LogP contribution in [-0.2, 0) is 12.1 Å². The van der Waals surface area contributed by atoms with Crippen molar-refractivity contribution in [1.82, 2.24) is 9.78 Å². The van der Waals surface area contributed by atoms with E-state index in [4.69, 9.17) is 5.26 Å². The Balaban J connectivity index is 2.31. The van der Waals surface area contributed by atoms with Crippen LogP contribution in [-0.4, -0.2) is 14.9 Å². The highest BCUT2D eigenvalue weighted by Gasteiger charge is 2.27. The van der Waals surface area contributed by atoms with Crippen LogP contribution in [0.4, 0.5) is 0 Å². The Morgan fingerprint density at radius 2 is 2.00 bits per heavy atom. The number of nitriles is 1. The standard InChI is InChI=1S/C15H17N3O/c1-3-8-18-11-14(10-17-18)15(2,19)13-6-4-12(9-16)5-7-13/h4-7,10-11,19H,3,8H2,1-2H3. The molecule has 0 aliphatic rings. The Kier molecular flexibility index (Phi) is 3.68. The summed E-state index contributed by atoms with van der Waals surface area (Å²) >= 11 is 0. The lowest BCUT2D eigenvalue weighted by molar-refractivity contribution is 0.102. The van der Waals surface area contributed by atoms with E-state index in [0.29, 0.717) is 5.56 Å². The second-order valence-corrected chi connectivity index (χ2v) is 4.75. The van der Waals surface area contributed by atoms with Gasteiger partial charge in [0, 0.05) is 18.3 Å². The van der Waals surface area contributed by atoms with Gasteiger partial charge in [-0.15, -0.1) is 0 Å². The predicted octanol–water partition coefficient (Wildman–Crippen LogP) is 2.42. The summed E-state index contributed by atoms with van der Waals surface area (Å²) < 4.78 is 1.83. The molecule has 1 heterocycles. The Hall–Kier alpha value is -2.12. The molecule has 0 aliphatic carbocycles. The fourth-order valence-corrected chi connectivity index (χ4v) is 2.00. The number of hydrogen-bond acceptors (Lipinski definition) is 3. The van der Waals surface area contributed by atoms with E-state index in [0.717, 1.165) is 24.1 Å². The normalized spacial score (nSPS) is 13.8. The first-order valence-electron chi connectivity index (χ1n) is 6.34. The van der Waals surface area contributed by atoms with Crippen molar-refractivity contribution in [3.63, 3.8) is 0 Å². The molecule has 4 nitrogen and oxygen atoms in total. The van der Waals surface area contributed by atoms with Gasteiger partial charge in [0.1, 0.15) is 5.60 Å². The molecule has 0 spiro atoms. The molecule has 0 saturated heterocycles. The van der Waals surface area contributed by atoms with Crippen LogP contribution >= 0.6 is 0 Å². The predicted molar refractivity (Wildman–Crippen MR) is 72.3 cm³/mol. The molecule has 1 aromatic heterocycles. The minimum atomic E-state index is -1.10. The second kappa shape index (κ2) is 5.25. The van der Waals surface area contributed by atoms with Gasteiger partial charge in [-0.05, 0) is 31.0 Å². The quantitative estimate of drug-likeness (QED) is 0.912. The monoisotopic (exact) mass is 255 g/mol. The van der Waals surface area contributed by atoms with Gasteiger partial charge in [-0.2, -0.15) is 10.4 Å². The average Bonchev–Trinajstić information content (AvgIpc) is 2.89. The second-order valence-electron chi connectivity index (χ2n) is 4.75. The summed E-state index contributed by atoms with van der Waals surface area (Å²) in [5, 5.41) is 23.7. The van der Waals surface area contributed by atoms with Crippen molar-refractivity contribution >= 4 is 0 Å². The molecule has 1 atom stereocenters. The molecule has 1 aromatic carbocycles. The number of aryl methyl sites for hydroxylation is 1. The zero-order chi connectivity index (χ0) is 13.9. The maximum Gasteiger partial charge on any atom is 0.115 e.